The number of hydrogen-bond acceptors (Lipinski definition) is 4. The van der Waals surface area contributed by atoms with Crippen LogP contribution in [0, 0.1) is 0 Å². The summed E-state index contributed by atoms with van der Waals surface area (Å²) in [6.45, 7) is 0. The van der Waals surface area contributed by atoms with Crippen LogP contribution < -0.4 is 10.1 Å². The molecule has 0 aliphatic rings. The van der Waals surface area contributed by atoms with E-state index in [1.54, 1.807) is 13.2 Å². The van der Waals surface area contributed by atoms with Crippen LogP contribution in [0.4, 0.5) is 5.69 Å². The Morgan fingerprint density at radius 3 is 2.74 bits per heavy atom. The summed E-state index contributed by atoms with van der Waals surface area (Å²) in [6, 6.07) is 20.1. The average molecular weight is 423 g/mol. The van der Waals surface area contributed by atoms with Crippen LogP contribution in [-0.4, -0.2) is 18.0 Å². The summed E-state index contributed by atoms with van der Waals surface area (Å²) in [7, 11) is 1.61. The second-order valence-electron chi connectivity index (χ2n) is 5.87. The third-order valence-corrected chi connectivity index (χ3v) is 4.77. The Morgan fingerprint density at radius 2 is 1.93 bits per heavy atom. The van der Waals surface area contributed by atoms with Gasteiger partial charge in [-0.05, 0) is 58.4 Å². The summed E-state index contributed by atoms with van der Waals surface area (Å²) in [5.41, 5.74) is 3.39. The molecular weight excluding hydrogens is 408 g/mol. The standard InChI is InChI=1S/C21H15BrN2O3/c1-26-15-9-10-19-18(12-15)24-21(27-19)13-5-4-6-14(11-13)23-20(25)16-7-2-3-8-17(16)22/h2-12H,1H3,(H,23,25). The Hall–Kier alpha value is -3.12. The molecular formula is C21H15BrN2O3. The highest BCUT2D eigenvalue weighted by atomic mass is 79.9. The zero-order chi connectivity index (χ0) is 18.8. The van der Waals surface area contributed by atoms with Crippen LogP contribution in [-0.2, 0) is 0 Å². The minimum atomic E-state index is -0.193. The summed E-state index contributed by atoms with van der Waals surface area (Å²) < 4.78 is 11.8. The normalized spacial score (nSPS) is 10.7. The highest BCUT2D eigenvalue weighted by Crippen LogP contribution is 2.28. The molecule has 1 aromatic heterocycles. The largest absolute Gasteiger partial charge is 0.497 e. The van der Waals surface area contributed by atoms with Crippen molar-refractivity contribution in [2.24, 2.45) is 0 Å². The van der Waals surface area contributed by atoms with Crippen LogP contribution in [0.15, 0.2) is 75.6 Å². The molecule has 0 atom stereocenters. The lowest BCUT2D eigenvalue weighted by molar-refractivity contribution is 0.102. The fourth-order valence-electron chi connectivity index (χ4n) is 2.73. The first-order chi connectivity index (χ1) is 13.1. The van der Waals surface area contributed by atoms with Crippen LogP contribution >= 0.6 is 15.9 Å². The van der Waals surface area contributed by atoms with E-state index in [4.69, 9.17) is 9.15 Å². The number of nitrogens with zero attached hydrogens (tertiary/aromatic N) is 1. The highest BCUT2D eigenvalue weighted by Gasteiger charge is 2.12. The van der Waals surface area contributed by atoms with Gasteiger partial charge < -0.3 is 14.5 Å². The van der Waals surface area contributed by atoms with E-state index in [-0.39, 0.29) is 5.91 Å². The molecule has 1 amide bonds. The van der Waals surface area contributed by atoms with Crippen LogP contribution in [0.1, 0.15) is 10.4 Å². The zero-order valence-electron chi connectivity index (χ0n) is 14.4. The molecule has 1 heterocycles. The fraction of sp³-hybridized carbons (Fsp3) is 0.0476. The van der Waals surface area contributed by atoms with Crippen LogP contribution in [0.2, 0.25) is 0 Å². The average Bonchev–Trinajstić information content (AvgIpc) is 3.11. The van der Waals surface area contributed by atoms with Gasteiger partial charge in [-0.15, -0.1) is 0 Å². The van der Waals surface area contributed by atoms with Crippen LogP contribution in [0.25, 0.3) is 22.6 Å². The predicted octanol–water partition coefficient (Wildman–Crippen LogP) is 5.52. The molecule has 27 heavy (non-hydrogen) atoms. The second kappa shape index (κ2) is 7.25. The van der Waals surface area contributed by atoms with Crippen LogP contribution in [0.3, 0.4) is 0 Å². The molecule has 0 saturated carbocycles. The Kier molecular flexibility index (Phi) is 4.64. The van der Waals surface area contributed by atoms with Gasteiger partial charge in [0, 0.05) is 21.8 Å². The number of nitrogens with one attached hydrogen (secondary N) is 1. The van der Waals surface area contributed by atoms with Crippen molar-refractivity contribution in [1.82, 2.24) is 4.98 Å². The van der Waals surface area contributed by atoms with Crippen molar-refractivity contribution in [1.29, 1.82) is 0 Å². The van der Waals surface area contributed by atoms with E-state index in [1.165, 1.54) is 0 Å². The predicted molar refractivity (Wildman–Crippen MR) is 108 cm³/mol. The van der Waals surface area contributed by atoms with Gasteiger partial charge in [-0.3, -0.25) is 4.79 Å². The number of oxazole rings is 1. The molecule has 4 aromatic rings. The van der Waals surface area contributed by atoms with Crippen molar-refractivity contribution in [3.05, 3.63) is 76.8 Å². The molecule has 0 aliphatic carbocycles. The molecule has 3 aromatic carbocycles. The van der Waals surface area contributed by atoms with E-state index in [9.17, 15) is 4.79 Å². The van der Waals surface area contributed by atoms with Crippen molar-refractivity contribution in [3.63, 3.8) is 0 Å². The minimum absolute atomic E-state index is 0.193. The lowest BCUT2D eigenvalue weighted by Crippen LogP contribution is -2.12. The smallest absolute Gasteiger partial charge is 0.256 e. The monoisotopic (exact) mass is 422 g/mol. The molecule has 4 rings (SSSR count). The molecule has 134 valence electrons. The number of methoxy groups -OCH3 is 1. The molecule has 0 fully saturated rings. The Balaban J connectivity index is 1.63. The number of anilines is 1. The number of rotatable bonds is 4. The van der Waals surface area contributed by atoms with Crippen molar-refractivity contribution in [2.75, 3.05) is 12.4 Å². The first kappa shape index (κ1) is 17.3. The number of hydrogen-bond donors (Lipinski definition) is 1. The third kappa shape index (κ3) is 3.57. The number of amides is 1. The maximum atomic E-state index is 12.5. The SMILES string of the molecule is COc1ccc2oc(-c3cccc(NC(=O)c4ccccc4Br)c3)nc2c1. The number of ether oxygens (including phenoxy) is 1. The molecule has 1 N–H and O–H groups in total. The van der Waals surface area contributed by atoms with E-state index in [2.05, 4.69) is 26.2 Å². The molecule has 0 unspecified atom stereocenters. The lowest BCUT2D eigenvalue weighted by atomic mass is 10.1. The number of fused-ring (bicyclic) bond motifs is 1. The number of benzene rings is 3. The maximum absolute atomic E-state index is 12.5. The quantitative estimate of drug-likeness (QED) is 0.470. The van der Waals surface area contributed by atoms with Gasteiger partial charge in [0.15, 0.2) is 5.58 Å². The highest BCUT2D eigenvalue weighted by molar-refractivity contribution is 9.10. The van der Waals surface area contributed by atoms with E-state index < -0.39 is 0 Å². The van der Waals surface area contributed by atoms with Gasteiger partial charge in [-0.25, -0.2) is 4.98 Å². The van der Waals surface area contributed by atoms with E-state index >= 15 is 0 Å². The molecule has 0 saturated heterocycles. The third-order valence-electron chi connectivity index (χ3n) is 4.08. The summed E-state index contributed by atoms with van der Waals surface area (Å²) in [5.74, 6) is 1.01. The van der Waals surface area contributed by atoms with Crippen molar-refractivity contribution >= 4 is 38.6 Å². The summed E-state index contributed by atoms with van der Waals surface area (Å²) in [6.07, 6.45) is 0. The van der Waals surface area contributed by atoms with Crippen LogP contribution in [0.5, 0.6) is 5.75 Å². The van der Waals surface area contributed by atoms with E-state index in [0.29, 0.717) is 28.2 Å². The number of carbonyl (C=O) groups is 1. The Labute approximate surface area is 164 Å². The minimum Gasteiger partial charge on any atom is -0.497 e. The molecule has 0 aliphatic heterocycles. The zero-order valence-corrected chi connectivity index (χ0v) is 16.0. The molecule has 0 radical (unpaired) electrons. The summed E-state index contributed by atoms with van der Waals surface area (Å²) in [5, 5.41) is 2.90. The van der Waals surface area contributed by atoms with E-state index in [1.807, 2.05) is 60.7 Å². The molecule has 6 heteroatoms. The van der Waals surface area contributed by atoms with Crippen molar-refractivity contribution < 1.29 is 13.9 Å². The number of carbonyl (C=O) groups excluding carboxylic acids is 1. The molecule has 0 bridgehead atoms. The number of aromatic nitrogens is 1. The van der Waals surface area contributed by atoms with Crippen molar-refractivity contribution in [2.45, 2.75) is 0 Å². The number of halogens is 1. The topological polar surface area (TPSA) is 64.4 Å². The first-order valence-corrected chi connectivity index (χ1v) is 9.04. The summed E-state index contributed by atoms with van der Waals surface area (Å²) >= 11 is 3.40. The fourth-order valence-corrected chi connectivity index (χ4v) is 3.20. The first-order valence-electron chi connectivity index (χ1n) is 8.25. The maximum Gasteiger partial charge on any atom is 0.256 e. The van der Waals surface area contributed by atoms with Gasteiger partial charge in [0.2, 0.25) is 5.89 Å². The van der Waals surface area contributed by atoms with Gasteiger partial charge in [-0.2, -0.15) is 0 Å². The molecule has 5 nitrogen and oxygen atoms in total. The lowest BCUT2D eigenvalue weighted by Gasteiger charge is -2.07. The Bertz CT molecular complexity index is 1140. The second-order valence-corrected chi connectivity index (χ2v) is 6.72. The van der Waals surface area contributed by atoms with E-state index in [0.717, 1.165) is 15.8 Å². The van der Waals surface area contributed by atoms with Crippen molar-refractivity contribution in [3.8, 4) is 17.2 Å². The summed E-state index contributed by atoms with van der Waals surface area (Å²) in [4.78, 5) is 17.0. The van der Waals surface area contributed by atoms with Gasteiger partial charge in [0.05, 0.1) is 12.7 Å². The molecule has 0 spiro atoms. The Morgan fingerprint density at radius 1 is 1.07 bits per heavy atom. The van der Waals surface area contributed by atoms with Gasteiger partial charge in [0.1, 0.15) is 11.3 Å². The van der Waals surface area contributed by atoms with Gasteiger partial charge in [-0.1, -0.05) is 18.2 Å². The van der Waals surface area contributed by atoms with Gasteiger partial charge in [0.25, 0.3) is 5.91 Å². The van der Waals surface area contributed by atoms with Gasteiger partial charge >= 0.3 is 0 Å².